The van der Waals surface area contributed by atoms with Crippen molar-refractivity contribution in [2.45, 2.75) is 18.9 Å². The second-order valence-electron chi connectivity index (χ2n) is 2.61. The Hall–Kier alpha value is -0.0800. The van der Waals surface area contributed by atoms with Crippen LogP contribution in [0.25, 0.3) is 0 Å². The number of hydrogen-bond donors (Lipinski definition) is 1. The van der Waals surface area contributed by atoms with Gasteiger partial charge in [-0.25, -0.2) is 0 Å². The van der Waals surface area contributed by atoms with Crippen molar-refractivity contribution in [1.82, 2.24) is 5.32 Å². The highest BCUT2D eigenvalue weighted by atomic mass is 16.5. The minimum absolute atomic E-state index is 0.264. The van der Waals surface area contributed by atoms with Crippen LogP contribution < -0.4 is 5.32 Å². The topological polar surface area (TPSA) is 21.3 Å². The Morgan fingerprint density at radius 1 is 1.62 bits per heavy atom. The van der Waals surface area contributed by atoms with E-state index >= 15 is 0 Å². The first kappa shape index (κ1) is 6.05. The predicted octanol–water partition coefficient (Wildman–Crippen LogP) is 0.385. The predicted molar refractivity (Wildman–Crippen MR) is 32.9 cm³/mol. The van der Waals surface area contributed by atoms with E-state index in [2.05, 4.69) is 12.2 Å². The Balaban J connectivity index is 2.40. The Bertz CT molecular complexity index is 76.6. The van der Waals surface area contributed by atoms with Crippen molar-refractivity contribution in [2.75, 3.05) is 20.3 Å². The third kappa shape index (κ3) is 1.01. The maximum atomic E-state index is 5.19. The van der Waals surface area contributed by atoms with Crippen LogP contribution in [-0.2, 0) is 4.74 Å². The van der Waals surface area contributed by atoms with E-state index in [1.807, 2.05) is 7.05 Å². The lowest BCUT2D eigenvalue weighted by Crippen LogP contribution is -2.39. The van der Waals surface area contributed by atoms with Gasteiger partial charge in [0.25, 0.3) is 0 Å². The molecule has 0 aliphatic carbocycles. The van der Waals surface area contributed by atoms with E-state index in [0.717, 1.165) is 19.6 Å². The fourth-order valence-electron chi connectivity index (χ4n) is 0.864. The first-order valence-corrected chi connectivity index (χ1v) is 3.03. The van der Waals surface area contributed by atoms with Crippen LogP contribution in [0.3, 0.4) is 0 Å². The molecule has 1 saturated heterocycles. The molecule has 1 rings (SSSR count). The number of ether oxygens (including phenoxy) is 1. The maximum Gasteiger partial charge on any atom is 0.0646 e. The van der Waals surface area contributed by atoms with Crippen LogP contribution in [0.2, 0.25) is 0 Å². The van der Waals surface area contributed by atoms with E-state index in [1.165, 1.54) is 0 Å². The molecule has 1 atom stereocenters. The molecule has 0 bridgehead atoms. The van der Waals surface area contributed by atoms with Gasteiger partial charge in [-0.2, -0.15) is 0 Å². The van der Waals surface area contributed by atoms with Crippen molar-refractivity contribution < 1.29 is 4.74 Å². The summed E-state index contributed by atoms with van der Waals surface area (Å²) in [5.74, 6) is 0. The van der Waals surface area contributed by atoms with E-state index in [1.54, 1.807) is 0 Å². The maximum absolute atomic E-state index is 5.19. The summed E-state index contributed by atoms with van der Waals surface area (Å²) in [5.41, 5.74) is 0.264. The zero-order chi connectivity index (χ0) is 6.04. The van der Waals surface area contributed by atoms with Crippen LogP contribution in [0, 0.1) is 0 Å². The Labute approximate surface area is 50.2 Å². The van der Waals surface area contributed by atoms with Crippen LogP contribution in [0.4, 0.5) is 0 Å². The highest BCUT2D eigenvalue weighted by Gasteiger charge is 2.26. The van der Waals surface area contributed by atoms with Crippen LogP contribution in [0.5, 0.6) is 0 Å². The molecule has 1 aliphatic heterocycles. The van der Waals surface area contributed by atoms with Crippen LogP contribution in [-0.4, -0.2) is 25.8 Å². The summed E-state index contributed by atoms with van der Waals surface area (Å²) in [7, 11) is 1.98. The molecular weight excluding hydrogens is 102 g/mol. The van der Waals surface area contributed by atoms with Gasteiger partial charge in [0.15, 0.2) is 0 Å². The molecule has 1 heterocycles. The summed E-state index contributed by atoms with van der Waals surface area (Å²) in [5, 5.41) is 3.22. The van der Waals surface area contributed by atoms with Gasteiger partial charge in [-0.1, -0.05) is 0 Å². The Kier molecular flexibility index (Phi) is 1.54. The molecule has 0 amide bonds. The Morgan fingerprint density at radius 3 is 2.62 bits per heavy atom. The SMILES string of the molecule is CNC1(C)CCOC1. The monoisotopic (exact) mass is 115 g/mol. The molecule has 1 fully saturated rings. The smallest absolute Gasteiger partial charge is 0.0646 e. The molecule has 0 spiro atoms. The van der Waals surface area contributed by atoms with Gasteiger partial charge in [-0.3, -0.25) is 0 Å². The van der Waals surface area contributed by atoms with Gasteiger partial charge in [0, 0.05) is 12.1 Å². The second-order valence-corrected chi connectivity index (χ2v) is 2.61. The molecule has 1 unspecified atom stereocenters. The minimum atomic E-state index is 0.264. The normalized spacial score (nSPS) is 38.2. The molecule has 0 aromatic heterocycles. The van der Waals surface area contributed by atoms with Crippen LogP contribution >= 0.6 is 0 Å². The molecule has 0 aromatic carbocycles. The second kappa shape index (κ2) is 2.03. The summed E-state index contributed by atoms with van der Waals surface area (Å²) in [4.78, 5) is 0. The lowest BCUT2D eigenvalue weighted by atomic mass is 10.0. The molecule has 2 nitrogen and oxygen atoms in total. The van der Waals surface area contributed by atoms with Crippen LogP contribution in [0.1, 0.15) is 13.3 Å². The van der Waals surface area contributed by atoms with Gasteiger partial charge in [0.05, 0.1) is 6.61 Å². The fraction of sp³-hybridized carbons (Fsp3) is 1.00. The third-order valence-corrected chi connectivity index (χ3v) is 1.82. The van der Waals surface area contributed by atoms with E-state index in [9.17, 15) is 0 Å². The average molecular weight is 115 g/mol. The average Bonchev–Trinajstić information content (AvgIpc) is 2.17. The summed E-state index contributed by atoms with van der Waals surface area (Å²) < 4.78 is 5.19. The number of nitrogens with one attached hydrogen (secondary N) is 1. The lowest BCUT2D eigenvalue weighted by Gasteiger charge is -2.19. The molecule has 0 radical (unpaired) electrons. The van der Waals surface area contributed by atoms with Gasteiger partial charge in [-0.05, 0) is 20.4 Å². The van der Waals surface area contributed by atoms with Crippen molar-refractivity contribution in [3.8, 4) is 0 Å². The minimum Gasteiger partial charge on any atom is -0.379 e. The summed E-state index contributed by atoms with van der Waals surface area (Å²) in [6, 6.07) is 0. The first-order valence-electron chi connectivity index (χ1n) is 3.03. The molecule has 48 valence electrons. The quantitative estimate of drug-likeness (QED) is 0.533. The van der Waals surface area contributed by atoms with Crippen molar-refractivity contribution >= 4 is 0 Å². The van der Waals surface area contributed by atoms with E-state index in [-0.39, 0.29) is 5.54 Å². The van der Waals surface area contributed by atoms with Crippen molar-refractivity contribution in [2.24, 2.45) is 0 Å². The summed E-state index contributed by atoms with van der Waals surface area (Å²) in [6.45, 7) is 3.96. The molecule has 0 aromatic rings. The highest BCUT2D eigenvalue weighted by Crippen LogP contribution is 2.15. The van der Waals surface area contributed by atoms with Gasteiger partial charge >= 0.3 is 0 Å². The molecule has 2 heteroatoms. The van der Waals surface area contributed by atoms with Crippen molar-refractivity contribution in [3.63, 3.8) is 0 Å². The number of likely N-dealkylation sites (N-methyl/N-ethyl adjacent to an activating group) is 1. The van der Waals surface area contributed by atoms with E-state index in [0.29, 0.717) is 0 Å². The molecule has 1 N–H and O–H groups in total. The standard InChI is InChI=1S/C6H13NO/c1-6(7-2)3-4-8-5-6/h7H,3-5H2,1-2H3. The van der Waals surface area contributed by atoms with Crippen LogP contribution in [0.15, 0.2) is 0 Å². The summed E-state index contributed by atoms with van der Waals surface area (Å²) in [6.07, 6.45) is 1.14. The lowest BCUT2D eigenvalue weighted by molar-refractivity contribution is 0.174. The van der Waals surface area contributed by atoms with Gasteiger partial charge in [-0.15, -0.1) is 0 Å². The fourth-order valence-corrected chi connectivity index (χ4v) is 0.864. The van der Waals surface area contributed by atoms with E-state index < -0.39 is 0 Å². The zero-order valence-corrected chi connectivity index (χ0v) is 5.53. The number of rotatable bonds is 1. The first-order chi connectivity index (χ1) is 3.77. The van der Waals surface area contributed by atoms with Crippen molar-refractivity contribution in [1.29, 1.82) is 0 Å². The zero-order valence-electron chi connectivity index (χ0n) is 5.53. The Morgan fingerprint density at radius 2 is 2.38 bits per heavy atom. The van der Waals surface area contributed by atoms with Gasteiger partial charge in [0.2, 0.25) is 0 Å². The number of hydrogen-bond acceptors (Lipinski definition) is 2. The highest BCUT2D eigenvalue weighted by molar-refractivity contribution is 4.84. The van der Waals surface area contributed by atoms with Gasteiger partial charge < -0.3 is 10.1 Å². The van der Waals surface area contributed by atoms with Crippen molar-refractivity contribution in [3.05, 3.63) is 0 Å². The summed E-state index contributed by atoms with van der Waals surface area (Å²) >= 11 is 0. The molecule has 8 heavy (non-hydrogen) atoms. The van der Waals surface area contributed by atoms with Gasteiger partial charge in [0.1, 0.15) is 0 Å². The van der Waals surface area contributed by atoms with E-state index in [4.69, 9.17) is 4.74 Å². The molecular formula is C6H13NO. The molecule has 1 aliphatic rings. The third-order valence-electron chi connectivity index (χ3n) is 1.82. The largest absolute Gasteiger partial charge is 0.379 e. The molecule has 0 saturated carbocycles.